The van der Waals surface area contributed by atoms with Crippen LogP contribution >= 0.6 is 0 Å². The van der Waals surface area contributed by atoms with E-state index in [9.17, 15) is 32.3 Å². The zero-order valence-corrected chi connectivity index (χ0v) is 29.1. The molecule has 1 aromatic heterocycles. The maximum Gasteiger partial charge on any atom is 0.400 e. The molecule has 2 heterocycles. The summed E-state index contributed by atoms with van der Waals surface area (Å²) in [4.78, 5) is 57.2. The van der Waals surface area contributed by atoms with Crippen molar-refractivity contribution in [1.82, 2.24) is 30.2 Å². The monoisotopic (exact) mass is 705 g/mol. The van der Waals surface area contributed by atoms with Gasteiger partial charge in [0.05, 0.1) is 5.69 Å². The maximum atomic E-state index is 15.8. The van der Waals surface area contributed by atoms with Gasteiger partial charge in [-0.3, -0.25) is 23.9 Å². The van der Waals surface area contributed by atoms with Crippen molar-refractivity contribution in [3.63, 3.8) is 0 Å². The SMILES string of the molecule is CCn1nccc1C(=O)N[C@H](C(=O)Nc1ccc([C@H](C)[C@@H](NC(=O)[C@@H](C)C(F)(F)F)C(=O)N2CCN(C)[C@H](C)C2)cc1F)C(C1CC1)C1CC1. The van der Waals surface area contributed by atoms with Gasteiger partial charge >= 0.3 is 6.18 Å². The van der Waals surface area contributed by atoms with E-state index in [4.69, 9.17) is 0 Å². The van der Waals surface area contributed by atoms with E-state index >= 15 is 4.39 Å². The molecule has 3 aliphatic rings. The average molecular weight is 706 g/mol. The molecule has 2 saturated carbocycles. The van der Waals surface area contributed by atoms with Gasteiger partial charge in [0, 0.05) is 44.3 Å². The number of nitrogens with one attached hydrogen (secondary N) is 3. The lowest BCUT2D eigenvalue weighted by Crippen LogP contribution is -2.58. The molecular weight excluding hydrogens is 658 g/mol. The summed E-state index contributed by atoms with van der Waals surface area (Å²) in [6, 6.07) is 3.14. The Morgan fingerprint density at radius 3 is 2.18 bits per heavy atom. The summed E-state index contributed by atoms with van der Waals surface area (Å²) in [5, 5.41) is 12.0. The second-order valence-electron chi connectivity index (χ2n) is 14.1. The number of halogens is 4. The molecule has 3 fully saturated rings. The van der Waals surface area contributed by atoms with Gasteiger partial charge in [-0.05, 0) is 95.0 Å². The third kappa shape index (κ3) is 8.47. The molecule has 1 aromatic carbocycles. The van der Waals surface area contributed by atoms with Gasteiger partial charge in [0.1, 0.15) is 29.5 Å². The first-order valence-electron chi connectivity index (χ1n) is 17.4. The number of benzene rings is 1. The quantitative estimate of drug-likeness (QED) is 0.269. The summed E-state index contributed by atoms with van der Waals surface area (Å²) in [6.07, 6.45) is 0.470. The Hall–Kier alpha value is -4.01. The number of alkyl halides is 3. The van der Waals surface area contributed by atoms with Gasteiger partial charge in [-0.25, -0.2) is 4.39 Å². The number of aryl methyl sites for hydroxylation is 1. The predicted molar refractivity (Wildman–Crippen MR) is 177 cm³/mol. The number of carbonyl (C=O) groups is 4. The molecule has 2 aliphatic carbocycles. The van der Waals surface area contributed by atoms with Crippen LogP contribution in [0.5, 0.6) is 0 Å². The number of amides is 4. The lowest BCUT2D eigenvalue weighted by Gasteiger charge is -2.40. The molecule has 0 unspecified atom stereocenters. The van der Waals surface area contributed by atoms with Crippen LogP contribution in [0.4, 0.5) is 23.2 Å². The number of rotatable bonds is 13. The molecule has 50 heavy (non-hydrogen) atoms. The zero-order chi connectivity index (χ0) is 36.5. The summed E-state index contributed by atoms with van der Waals surface area (Å²) < 4.78 is 57.6. The number of hydrogen-bond donors (Lipinski definition) is 3. The molecule has 5 atom stereocenters. The molecule has 5 rings (SSSR count). The number of carbonyl (C=O) groups excluding carboxylic acids is 4. The fourth-order valence-electron chi connectivity index (χ4n) is 6.81. The van der Waals surface area contributed by atoms with Crippen LogP contribution in [0, 0.1) is 29.5 Å². The zero-order valence-electron chi connectivity index (χ0n) is 29.1. The first kappa shape index (κ1) is 37.3. The van der Waals surface area contributed by atoms with Crippen LogP contribution in [0.3, 0.4) is 0 Å². The third-order valence-electron chi connectivity index (χ3n) is 10.5. The van der Waals surface area contributed by atoms with Crippen LogP contribution in [-0.2, 0) is 20.9 Å². The van der Waals surface area contributed by atoms with E-state index < -0.39 is 59.5 Å². The molecule has 15 heteroatoms. The van der Waals surface area contributed by atoms with Crippen LogP contribution in [0.25, 0.3) is 0 Å². The number of anilines is 1. The first-order valence-corrected chi connectivity index (χ1v) is 17.4. The normalized spacial score (nSPS) is 20.9. The second kappa shape index (κ2) is 15.1. The van der Waals surface area contributed by atoms with Crippen LogP contribution in [0.2, 0.25) is 0 Å². The van der Waals surface area contributed by atoms with Crippen molar-refractivity contribution in [2.75, 3.05) is 32.0 Å². The lowest BCUT2D eigenvalue weighted by atomic mass is 9.88. The molecule has 0 radical (unpaired) electrons. The largest absolute Gasteiger partial charge is 0.400 e. The van der Waals surface area contributed by atoms with Gasteiger partial charge in [0.25, 0.3) is 5.91 Å². The van der Waals surface area contributed by atoms with Crippen LogP contribution in [0.1, 0.15) is 75.3 Å². The molecule has 0 bridgehead atoms. The summed E-state index contributed by atoms with van der Waals surface area (Å²) in [6.45, 7) is 7.65. The first-order chi connectivity index (χ1) is 23.6. The highest BCUT2D eigenvalue weighted by molar-refractivity contribution is 6.01. The highest BCUT2D eigenvalue weighted by Gasteiger charge is 2.49. The van der Waals surface area contributed by atoms with Crippen molar-refractivity contribution in [3.05, 3.63) is 47.5 Å². The second-order valence-corrected chi connectivity index (χ2v) is 14.1. The molecule has 11 nitrogen and oxygen atoms in total. The van der Waals surface area contributed by atoms with E-state index in [1.54, 1.807) is 6.07 Å². The van der Waals surface area contributed by atoms with Crippen LogP contribution in [0.15, 0.2) is 30.5 Å². The lowest BCUT2D eigenvalue weighted by molar-refractivity contribution is -0.180. The van der Waals surface area contributed by atoms with Crippen molar-refractivity contribution < 1.29 is 36.7 Å². The number of piperazine rings is 1. The predicted octanol–water partition coefficient (Wildman–Crippen LogP) is 4.16. The molecule has 1 saturated heterocycles. The van der Waals surface area contributed by atoms with Gasteiger partial charge in [-0.2, -0.15) is 18.3 Å². The minimum absolute atomic E-state index is 0.0179. The molecule has 0 spiro atoms. The summed E-state index contributed by atoms with van der Waals surface area (Å²) in [7, 11) is 1.90. The van der Waals surface area contributed by atoms with Crippen molar-refractivity contribution in [1.29, 1.82) is 0 Å². The standard InChI is InChI=1S/C35H47F4N7O4/c1-6-46-27(13-14-40-46)32(48)43-30(28(22-7-8-22)23-9-10-23)33(49)41-26-12-11-24(17-25(26)36)20(3)29(42-31(47)21(4)35(37,38)39)34(50)45-16-15-44(5)19(2)18-45/h11-14,17,19-23,28-30H,6-10,15-16,18H2,1-5H3,(H,41,49)(H,42,47)(H,43,48)/t19-,20+,21-,29-,30+/m1/s1. The minimum atomic E-state index is -4.82. The van der Waals surface area contributed by atoms with Gasteiger partial charge in [-0.1, -0.05) is 13.0 Å². The average Bonchev–Trinajstić information content (AvgIpc) is 4.02. The minimum Gasteiger partial charge on any atom is -0.343 e. The highest BCUT2D eigenvalue weighted by Crippen LogP contribution is 2.51. The molecule has 2 aromatic rings. The van der Waals surface area contributed by atoms with Crippen molar-refractivity contribution in [2.24, 2.45) is 23.7 Å². The Morgan fingerprint density at radius 2 is 1.62 bits per heavy atom. The maximum absolute atomic E-state index is 15.8. The fourth-order valence-corrected chi connectivity index (χ4v) is 6.81. The molecule has 4 amide bonds. The van der Waals surface area contributed by atoms with Gasteiger partial charge in [0.15, 0.2) is 0 Å². The number of nitrogens with zero attached hydrogens (tertiary/aromatic N) is 4. The van der Waals surface area contributed by atoms with E-state index in [2.05, 4.69) is 21.0 Å². The van der Waals surface area contributed by atoms with Gasteiger partial charge < -0.3 is 25.8 Å². The van der Waals surface area contributed by atoms with Crippen molar-refractivity contribution in [2.45, 2.75) is 90.1 Å². The Bertz CT molecular complexity index is 1560. The van der Waals surface area contributed by atoms with Crippen molar-refractivity contribution >= 4 is 29.3 Å². The Labute approximate surface area is 289 Å². The molecule has 1 aliphatic heterocycles. The number of hydrogen-bond acceptors (Lipinski definition) is 6. The summed E-state index contributed by atoms with van der Waals surface area (Å²) >= 11 is 0. The van der Waals surface area contributed by atoms with E-state index in [1.807, 2.05) is 25.8 Å². The van der Waals surface area contributed by atoms with E-state index in [0.29, 0.717) is 31.9 Å². The smallest absolute Gasteiger partial charge is 0.343 e. The van der Waals surface area contributed by atoms with Crippen molar-refractivity contribution in [3.8, 4) is 0 Å². The molecule has 3 N–H and O–H groups in total. The van der Waals surface area contributed by atoms with Crippen LogP contribution < -0.4 is 16.0 Å². The van der Waals surface area contributed by atoms with E-state index in [-0.39, 0.29) is 35.0 Å². The summed E-state index contributed by atoms with van der Waals surface area (Å²) in [5.74, 6) is -6.61. The Morgan fingerprint density at radius 1 is 0.960 bits per heavy atom. The van der Waals surface area contributed by atoms with E-state index in [1.165, 1.54) is 34.8 Å². The van der Waals surface area contributed by atoms with Gasteiger partial charge in [0.2, 0.25) is 17.7 Å². The Balaban J connectivity index is 1.36. The fraction of sp³-hybridized carbons (Fsp3) is 0.629. The molecular formula is C35H47F4N7O4. The number of aromatic nitrogens is 2. The third-order valence-corrected chi connectivity index (χ3v) is 10.5. The highest BCUT2D eigenvalue weighted by atomic mass is 19.4. The van der Waals surface area contributed by atoms with E-state index in [0.717, 1.165) is 38.7 Å². The summed E-state index contributed by atoms with van der Waals surface area (Å²) in [5.41, 5.74) is 0.402. The Kier molecular flexibility index (Phi) is 11.2. The molecule has 274 valence electrons. The van der Waals surface area contributed by atoms with Gasteiger partial charge in [-0.15, -0.1) is 0 Å². The topological polar surface area (TPSA) is 129 Å². The number of likely N-dealkylation sites (N-methyl/N-ethyl adjacent to an activating group) is 1. The van der Waals surface area contributed by atoms with Crippen LogP contribution in [-0.4, -0.2) is 94.2 Å².